The molecule has 2 aromatic carbocycles. The SMILES string of the molecule is CC[C@H](C)[C@@H]1NC(=O)C[C@@H](C(=O)NCCCOc2ccc(OC)cc2)NC(=O)c2ccccc2OCCN(C)C1=O. The van der Waals surface area contributed by atoms with Gasteiger partial charge in [0.05, 0.1) is 32.2 Å². The first-order valence-corrected chi connectivity index (χ1v) is 13.8. The summed E-state index contributed by atoms with van der Waals surface area (Å²) in [6, 6.07) is 11.8. The normalized spacial score (nSPS) is 19.0. The van der Waals surface area contributed by atoms with Crippen molar-refractivity contribution >= 4 is 23.6 Å². The van der Waals surface area contributed by atoms with Crippen LogP contribution in [0.5, 0.6) is 17.2 Å². The van der Waals surface area contributed by atoms with E-state index in [2.05, 4.69) is 16.0 Å². The number of ether oxygens (including phenoxy) is 3. The van der Waals surface area contributed by atoms with Crippen LogP contribution in [0.1, 0.15) is 43.5 Å². The Kier molecular flexibility index (Phi) is 11.8. The quantitative estimate of drug-likeness (QED) is 0.395. The van der Waals surface area contributed by atoms with Gasteiger partial charge in [-0.1, -0.05) is 32.4 Å². The number of methoxy groups -OCH3 is 1. The molecule has 0 unspecified atom stereocenters. The van der Waals surface area contributed by atoms with E-state index < -0.39 is 29.8 Å². The highest BCUT2D eigenvalue weighted by Crippen LogP contribution is 2.19. The van der Waals surface area contributed by atoms with Crippen molar-refractivity contribution in [2.45, 2.75) is 45.2 Å². The van der Waals surface area contributed by atoms with Crippen molar-refractivity contribution in [3.63, 3.8) is 0 Å². The maximum atomic E-state index is 13.2. The van der Waals surface area contributed by atoms with Gasteiger partial charge in [0.25, 0.3) is 5.91 Å². The topological polar surface area (TPSA) is 135 Å². The molecule has 222 valence electrons. The largest absolute Gasteiger partial charge is 0.497 e. The van der Waals surface area contributed by atoms with Crippen molar-refractivity contribution in [2.75, 3.05) is 40.5 Å². The number of para-hydroxylation sites is 1. The highest BCUT2D eigenvalue weighted by molar-refractivity contribution is 6.01. The molecule has 3 N–H and O–H groups in total. The second-order valence-corrected chi connectivity index (χ2v) is 9.93. The number of nitrogens with one attached hydrogen (secondary N) is 3. The molecule has 11 heteroatoms. The van der Waals surface area contributed by atoms with Crippen LogP contribution in [0, 0.1) is 5.92 Å². The fourth-order valence-corrected chi connectivity index (χ4v) is 4.24. The van der Waals surface area contributed by atoms with E-state index in [1.165, 1.54) is 4.90 Å². The first-order valence-electron chi connectivity index (χ1n) is 13.8. The number of carbonyl (C=O) groups excluding carboxylic acids is 4. The van der Waals surface area contributed by atoms with Gasteiger partial charge in [-0.25, -0.2) is 0 Å². The number of hydrogen-bond acceptors (Lipinski definition) is 7. The van der Waals surface area contributed by atoms with Crippen molar-refractivity contribution in [1.82, 2.24) is 20.9 Å². The molecule has 0 radical (unpaired) electrons. The molecule has 0 saturated heterocycles. The summed E-state index contributed by atoms with van der Waals surface area (Å²) in [5.74, 6) is -0.255. The summed E-state index contributed by atoms with van der Waals surface area (Å²) < 4.78 is 16.7. The van der Waals surface area contributed by atoms with Crippen LogP contribution in [0.3, 0.4) is 0 Å². The molecule has 3 atom stereocenters. The molecule has 0 bridgehead atoms. The fourth-order valence-electron chi connectivity index (χ4n) is 4.24. The Hall–Kier alpha value is -4.28. The molecule has 41 heavy (non-hydrogen) atoms. The molecule has 0 fully saturated rings. The Morgan fingerprint density at radius 3 is 2.51 bits per heavy atom. The van der Waals surface area contributed by atoms with Crippen LogP contribution in [-0.4, -0.2) is 81.1 Å². The predicted molar refractivity (Wildman–Crippen MR) is 153 cm³/mol. The smallest absolute Gasteiger partial charge is 0.255 e. The van der Waals surface area contributed by atoms with Crippen LogP contribution >= 0.6 is 0 Å². The van der Waals surface area contributed by atoms with Gasteiger partial charge in [-0.15, -0.1) is 0 Å². The van der Waals surface area contributed by atoms with Gasteiger partial charge < -0.3 is 35.1 Å². The maximum absolute atomic E-state index is 13.2. The van der Waals surface area contributed by atoms with E-state index in [4.69, 9.17) is 14.2 Å². The summed E-state index contributed by atoms with van der Waals surface area (Å²) in [6.07, 6.45) is 0.818. The number of nitrogens with zero attached hydrogens (tertiary/aromatic N) is 1. The molecule has 0 aliphatic carbocycles. The second-order valence-electron chi connectivity index (χ2n) is 9.93. The van der Waals surface area contributed by atoms with E-state index in [1.807, 2.05) is 13.8 Å². The lowest BCUT2D eigenvalue weighted by Crippen LogP contribution is -2.54. The van der Waals surface area contributed by atoms with Crippen molar-refractivity contribution in [3.05, 3.63) is 54.1 Å². The van der Waals surface area contributed by atoms with E-state index in [1.54, 1.807) is 62.7 Å². The number of rotatable bonds is 9. The average molecular weight is 569 g/mol. The van der Waals surface area contributed by atoms with Gasteiger partial charge >= 0.3 is 0 Å². The summed E-state index contributed by atoms with van der Waals surface area (Å²) in [4.78, 5) is 54.2. The first-order chi connectivity index (χ1) is 19.7. The van der Waals surface area contributed by atoms with Crippen LogP contribution in [0.15, 0.2) is 48.5 Å². The van der Waals surface area contributed by atoms with Gasteiger partial charge in [0, 0.05) is 13.6 Å². The minimum absolute atomic E-state index is 0.143. The molecular formula is C30H40N4O7. The summed E-state index contributed by atoms with van der Waals surface area (Å²) in [5, 5.41) is 8.25. The maximum Gasteiger partial charge on any atom is 0.255 e. The van der Waals surface area contributed by atoms with Gasteiger partial charge in [0.1, 0.15) is 35.9 Å². The fraction of sp³-hybridized carbons (Fsp3) is 0.467. The first kappa shape index (κ1) is 31.3. The molecular weight excluding hydrogens is 528 g/mol. The van der Waals surface area contributed by atoms with E-state index in [-0.39, 0.29) is 43.5 Å². The molecule has 1 aliphatic rings. The molecule has 0 saturated carbocycles. The Balaban J connectivity index is 1.71. The van der Waals surface area contributed by atoms with Crippen molar-refractivity contribution in [3.8, 4) is 17.2 Å². The number of benzene rings is 2. The zero-order valence-electron chi connectivity index (χ0n) is 24.1. The van der Waals surface area contributed by atoms with Crippen LogP contribution in [0.2, 0.25) is 0 Å². The Labute approximate surface area is 240 Å². The van der Waals surface area contributed by atoms with Crippen LogP contribution in [0.25, 0.3) is 0 Å². The van der Waals surface area contributed by atoms with E-state index >= 15 is 0 Å². The molecule has 11 nitrogen and oxygen atoms in total. The lowest BCUT2D eigenvalue weighted by Gasteiger charge is -2.29. The Bertz CT molecular complexity index is 1190. The van der Waals surface area contributed by atoms with Crippen LogP contribution in [-0.2, 0) is 14.4 Å². The van der Waals surface area contributed by atoms with Gasteiger partial charge in [-0.3, -0.25) is 19.2 Å². The van der Waals surface area contributed by atoms with Crippen LogP contribution < -0.4 is 30.2 Å². The monoisotopic (exact) mass is 568 g/mol. The molecule has 3 rings (SSSR count). The summed E-state index contributed by atoms with van der Waals surface area (Å²) in [6.45, 7) is 4.85. The number of amides is 4. The lowest BCUT2D eigenvalue weighted by molar-refractivity contribution is -0.137. The summed E-state index contributed by atoms with van der Waals surface area (Å²) in [5.41, 5.74) is 0.224. The lowest BCUT2D eigenvalue weighted by atomic mass is 9.97. The van der Waals surface area contributed by atoms with Crippen molar-refractivity contribution in [2.24, 2.45) is 5.92 Å². The highest BCUT2D eigenvalue weighted by Gasteiger charge is 2.32. The third kappa shape index (κ3) is 9.12. The van der Waals surface area contributed by atoms with Gasteiger partial charge in [0.2, 0.25) is 17.7 Å². The Morgan fingerprint density at radius 2 is 1.80 bits per heavy atom. The number of hydrogen-bond donors (Lipinski definition) is 3. The summed E-state index contributed by atoms with van der Waals surface area (Å²) in [7, 11) is 3.23. The minimum atomic E-state index is -1.17. The van der Waals surface area contributed by atoms with Crippen LogP contribution in [0.4, 0.5) is 0 Å². The molecule has 0 aromatic heterocycles. The predicted octanol–water partition coefficient (Wildman–Crippen LogP) is 2.15. The van der Waals surface area contributed by atoms with Gasteiger partial charge in [-0.2, -0.15) is 0 Å². The van der Waals surface area contributed by atoms with Crippen molar-refractivity contribution in [1.29, 1.82) is 0 Å². The second kappa shape index (κ2) is 15.5. The van der Waals surface area contributed by atoms with E-state index in [0.29, 0.717) is 30.9 Å². The molecule has 1 aliphatic heterocycles. The highest BCUT2D eigenvalue weighted by atomic mass is 16.5. The molecule has 2 aromatic rings. The standard InChI is InChI=1S/C30H40N4O7/c1-5-20(2)27-30(38)34(3)16-18-41-25-10-7-6-9-23(25)28(36)32-24(19-26(35)33-27)29(37)31-15-8-17-40-22-13-11-21(39-4)12-14-22/h6-7,9-14,20,24,27H,5,8,15-19H2,1-4H3,(H,31,37)(H,32,36)(H,33,35)/t20-,24-,27-/m0/s1. The Morgan fingerprint density at radius 1 is 1.10 bits per heavy atom. The zero-order valence-corrected chi connectivity index (χ0v) is 24.1. The van der Waals surface area contributed by atoms with E-state index in [9.17, 15) is 19.2 Å². The third-order valence-electron chi connectivity index (χ3n) is 6.95. The summed E-state index contributed by atoms with van der Waals surface area (Å²) >= 11 is 0. The zero-order chi connectivity index (χ0) is 29.8. The van der Waals surface area contributed by atoms with Gasteiger partial charge in [0.15, 0.2) is 0 Å². The molecule has 1 heterocycles. The number of fused-ring (bicyclic) bond motifs is 1. The van der Waals surface area contributed by atoms with E-state index in [0.717, 1.165) is 5.75 Å². The number of carbonyl (C=O) groups is 4. The average Bonchev–Trinajstić information content (AvgIpc) is 2.98. The number of likely N-dealkylation sites (N-methyl/N-ethyl adjacent to an activating group) is 1. The molecule has 0 spiro atoms. The van der Waals surface area contributed by atoms with Crippen molar-refractivity contribution < 1.29 is 33.4 Å². The minimum Gasteiger partial charge on any atom is -0.497 e. The molecule has 4 amide bonds. The third-order valence-corrected chi connectivity index (χ3v) is 6.95. The van der Waals surface area contributed by atoms with Gasteiger partial charge in [-0.05, 0) is 48.7 Å².